The fourth-order valence-corrected chi connectivity index (χ4v) is 3.68. The van der Waals surface area contributed by atoms with E-state index in [-0.39, 0.29) is 11.8 Å². The van der Waals surface area contributed by atoms with E-state index in [2.05, 4.69) is 29.3 Å². The van der Waals surface area contributed by atoms with Crippen LogP contribution >= 0.6 is 0 Å². The number of piperidine rings is 1. The third-order valence-corrected chi connectivity index (χ3v) is 5.30. The number of rotatable bonds is 3. The van der Waals surface area contributed by atoms with Gasteiger partial charge in [-0.3, -0.25) is 9.59 Å². The second-order valence-corrected chi connectivity index (χ2v) is 7.31. The summed E-state index contributed by atoms with van der Waals surface area (Å²) in [5.74, 6) is 2.16. The van der Waals surface area contributed by atoms with E-state index in [1.54, 1.807) is 13.8 Å². The molecule has 0 aliphatic carbocycles. The number of hydrogen-bond donors (Lipinski definition) is 1. The normalized spacial score (nSPS) is 18.8. The Bertz CT molecular complexity index is 662. The number of likely N-dealkylation sites (tertiary alicyclic amines) is 1. The summed E-state index contributed by atoms with van der Waals surface area (Å²) in [5, 5.41) is 3.55. The summed E-state index contributed by atoms with van der Waals surface area (Å²) < 4.78 is 0. The lowest BCUT2D eigenvalue weighted by Gasteiger charge is -2.35. The van der Waals surface area contributed by atoms with Gasteiger partial charge in [-0.1, -0.05) is 0 Å². The van der Waals surface area contributed by atoms with Crippen LogP contribution in [0.5, 0.6) is 0 Å². The minimum atomic E-state index is 0.140. The van der Waals surface area contributed by atoms with Crippen LogP contribution in [0.4, 0.5) is 11.6 Å². The van der Waals surface area contributed by atoms with Crippen LogP contribution in [0.2, 0.25) is 0 Å². The lowest BCUT2D eigenvalue weighted by Crippen LogP contribution is -2.48. The molecule has 0 bridgehead atoms. The molecule has 0 atom stereocenters. The van der Waals surface area contributed by atoms with Crippen molar-refractivity contribution in [2.45, 2.75) is 39.7 Å². The molecule has 3 rings (SSSR count). The highest BCUT2D eigenvalue weighted by molar-refractivity contribution is 5.73. The number of aryl methyl sites for hydroxylation is 1. The molecule has 1 N–H and O–H groups in total. The first kappa shape index (κ1) is 18.5. The van der Waals surface area contributed by atoms with Gasteiger partial charge in [-0.2, -0.15) is 0 Å². The highest BCUT2D eigenvalue weighted by Gasteiger charge is 2.22. The molecule has 2 amide bonds. The Labute approximate surface area is 155 Å². The van der Waals surface area contributed by atoms with Crippen LogP contribution in [-0.2, 0) is 9.59 Å². The first-order valence-corrected chi connectivity index (χ1v) is 9.43. The highest BCUT2D eigenvalue weighted by Crippen LogP contribution is 2.22. The average Bonchev–Trinajstić information content (AvgIpc) is 2.61. The van der Waals surface area contributed by atoms with Crippen molar-refractivity contribution in [1.82, 2.24) is 14.8 Å². The molecule has 7 nitrogen and oxygen atoms in total. The molecule has 1 aromatic heterocycles. The largest absolute Gasteiger partial charge is 0.367 e. The quantitative estimate of drug-likeness (QED) is 0.885. The average molecular weight is 359 g/mol. The molecule has 2 aliphatic heterocycles. The number of pyridine rings is 1. The van der Waals surface area contributed by atoms with Crippen molar-refractivity contribution in [2.75, 3.05) is 49.5 Å². The van der Waals surface area contributed by atoms with Gasteiger partial charge in [0.25, 0.3) is 0 Å². The van der Waals surface area contributed by atoms with E-state index in [4.69, 9.17) is 4.98 Å². The highest BCUT2D eigenvalue weighted by atomic mass is 16.2. The Balaban J connectivity index is 1.61. The van der Waals surface area contributed by atoms with Crippen LogP contribution in [0.25, 0.3) is 0 Å². The summed E-state index contributed by atoms with van der Waals surface area (Å²) in [6.45, 7) is 10.1. The maximum atomic E-state index is 11.5. The number of anilines is 2. The molecule has 0 radical (unpaired) electrons. The van der Waals surface area contributed by atoms with Crippen LogP contribution in [0.3, 0.4) is 0 Å². The van der Waals surface area contributed by atoms with Crippen LogP contribution in [0.15, 0.2) is 12.1 Å². The van der Waals surface area contributed by atoms with E-state index in [0.29, 0.717) is 6.04 Å². The van der Waals surface area contributed by atoms with Crippen LogP contribution < -0.4 is 10.2 Å². The first-order chi connectivity index (χ1) is 12.4. The molecular weight excluding hydrogens is 330 g/mol. The second-order valence-electron chi connectivity index (χ2n) is 7.31. The number of hydrogen-bond acceptors (Lipinski definition) is 5. The molecule has 0 unspecified atom stereocenters. The number of piperazine rings is 1. The number of nitrogens with one attached hydrogen (secondary N) is 1. The van der Waals surface area contributed by atoms with Crippen molar-refractivity contribution in [3.8, 4) is 0 Å². The number of amides is 2. The minimum absolute atomic E-state index is 0.140. The zero-order chi connectivity index (χ0) is 18.7. The van der Waals surface area contributed by atoms with E-state index in [1.165, 1.54) is 5.56 Å². The Hall–Kier alpha value is -2.31. The molecular formula is C19H29N5O2. The summed E-state index contributed by atoms with van der Waals surface area (Å²) in [5.41, 5.74) is 1.17. The molecule has 7 heteroatoms. The minimum Gasteiger partial charge on any atom is -0.367 e. The zero-order valence-electron chi connectivity index (χ0n) is 16.0. The van der Waals surface area contributed by atoms with E-state index < -0.39 is 0 Å². The Morgan fingerprint density at radius 1 is 0.962 bits per heavy atom. The van der Waals surface area contributed by atoms with Gasteiger partial charge in [0, 0.05) is 59.2 Å². The van der Waals surface area contributed by atoms with Crippen LogP contribution in [0, 0.1) is 6.92 Å². The van der Waals surface area contributed by atoms with Crippen molar-refractivity contribution in [3.63, 3.8) is 0 Å². The third kappa shape index (κ3) is 4.45. The Morgan fingerprint density at radius 3 is 2.12 bits per heavy atom. The molecule has 2 aliphatic rings. The Kier molecular flexibility index (Phi) is 5.64. The lowest BCUT2D eigenvalue weighted by atomic mass is 10.0. The monoisotopic (exact) mass is 359 g/mol. The van der Waals surface area contributed by atoms with Crippen molar-refractivity contribution < 1.29 is 9.59 Å². The van der Waals surface area contributed by atoms with E-state index in [1.807, 2.05) is 9.80 Å². The van der Waals surface area contributed by atoms with Crippen LogP contribution in [-0.4, -0.2) is 71.9 Å². The second kappa shape index (κ2) is 7.93. The summed E-state index contributed by atoms with van der Waals surface area (Å²) >= 11 is 0. The fraction of sp³-hybridized carbons (Fsp3) is 0.632. The third-order valence-electron chi connectivity index (χ3n) is 5.30. The summed E-state index contributed by atoms with van der Waals surface area (Å²) in [6, 6.07) is 4.53. The lowest BCUT2D eigenvalue weighted by molar-refractivity contribution is -0.130. The van der Waals surface area contributed by atoms with E-state index >= 15 is 0 Å². The van der Waals surface area contributed by atoms with Crippen molar-refractivity contribution in [1.29, 1.82) is 0 Å². The molecule has 142 valence electrons. The van der Waals surface area contributed by atoms with Gasteiger partial charge in [0.05, 0.1) is 0 Å². The van der Waals surface area contributed by atoms with Gasteiger partial charge in [-0.25, -0.2) is 4.98 Å². The zero-order valence-corrected chi connectivity index (χ0v) is 16.0. The number of carbonyl (C=O) groups is 2. The van der Waals surface area contributed by atoms with E-state index in [9.17, 15) is 9.59 Å². The van der Waals surface area contributed by atoms with Gasteiger partial charge in [0.2, 0.25) is 11.8 Å². The van der Waals surface area contributed by atoms with Gasteiger partial charge in [-0.15, -0.1) is 0 Å². The van der Waals surface area contributed by atoms with Gasteiger partial charge in [-0.05, 0) is 37.5 Å². The number of nitrogens with zero attached hydrogens (tertiary/aromatic N) is 4. The van der Waals surface area contributed by atoms with Crippen LogP contribution in [0.1, 0.15) is 32.3 Å². The summed E-state index contributed by atoms with van der Waals surface area (Å²) in [4.78, 5) is 33.8. The van der Waals surface area contributed by atoms with Crippen molar-refractivity contribution in [3.05, 3.63) is 17.7 Å². The maximum absolute atomic E-state index is 11.5. The fourth-order valence-electron chi connectivity index (χ4n) is 3.68. The van der Waals surface area contributed by atoms with Gasteiger partial charge in [0.15, 0.2) is 0 Å². The molecule has 0 aromatic carbocycles. The topological polar surface area (TPSA) is 68.8 Å². The standard InChI is InChI=1S/C19H29N5O2/c1-14-12-18(20-17-4-6-22(7-5-17)15(2)25)21-19(13-14)24-10-8-23(9-11-24)16(3)26/h12-13,17H,4-11H2,1-3H3,(H,20,21). The predicted molar refractivity (Wildman–Crippen MR) is 102 cm³/mol. The first-order valence-electron chi connectivity index (χ1n) is 9.43. The molecule has 2 fully saturated rings. The summed E-state index contributed by atoms with van der Waals surface area (Å²) in [7, 11) is 0. The molecule has 2 saturated heterocycles. The predicted octanol–water partition coefficient (Wildman–Crippen LogP) is 1.48. The number of carbonyl (C=O) groups excluding carboxylic acids is 2. The SMILES string of the molecule is CC(=O)N1CCC(Nc2cc(C)cc(N3CCN(C(C)=O)CC3)n2)CC1. The summed E-state index contributed by atoms with van der Waals surface area (Å²) in [6.07, 6.45) is 1.89. The smallest absolute Gasteiger partial charge is 0.219 e. The van der Waals surface area contributed by atoms with Crippen molar-refractivity contribution >= 4 is 23.5 Å². The molecule has 0 saturated carbocycles. The molecule has 3 heterocycles. The van der Waals surface area contributed by atoms with E-state index in [0.717, 1.165) is 63.7 Å². The maximum Gasteiger partial charge on any atom is 0.219 e. The molecule has 0 spiro atoms. The Morgan fingerprint density at radius 2 is 1.54 bits per heavy atom. The van der Waals surface area contributed by atoms with Gasteiger partial charge in [0.1, 0.15) is 11.6 Å². The molecule has 26 heavy (non-hydrogen) atoms. The number of aromatic nitrogens is 1. The molecule has 1 aromatic rings. The van der Waals surface area contributed by atoms with Gasteiger partial charge < -0.3 is 20.0 Å². The van der Waals surface area contributed by atoms with Gasteiger partial charge >= 0.3 is 0 Å². The van der Waals surface area contributed by atoms with Crippen molar-refractivity contribution in [2.24, 2.45) is 0 Å².